The molecule has 0 spiro atoms. The maximum atomic E-state index is 12.6. The van der Waals surface area contributed by atoms with Gasteiger partial charge in [0.2, 0.25) is 0 Å². The molecule has 0 bridgehead atoms. The molecule has 2 heterocycles. The van der Waals surface area contributed by atoms with Gasteiger partial charge < -0.3 is 0 Å². The summed E-state index contributed by atoms with van der Waals surface area (Å²) in [6.45, 7) is 5.80. The van der Waals surface area contributed by atoms with Gasteiger partial charge in [-0.3, -0.25) is 4.79 Å². The van der Waals surface area contributed by atoms with Crippen LogP contribution in [0.4, 0.5) is 0 Å². The Morgan fingerprint density at radius 3 is 2.50 bits per heavy atom. The fourth-order valence-electron chi connectivity index (χ4n) is 2.30. The molecule has 0 radical (unpaired) electrons. The highest BCUT2D eigenvalue weighted by Crippen LogP contribution is 2.17. The number of aryl methyl sites for hydroxylation is 1. The second-order valence-corrected chi connectivity index (χ2v) is 5.08. The third-order valence-electron chi connectivity index (χ3n) is 3.32. The van der Waals surface area contributed by atoms with Crippen molar-refractivity contribution in [1.82, 2.24) is 19.6 Å². The maximum absolute atomic E-state index is 12.6. The smallest absolute Gasteiger partial charge is 0.265 e. The summed E-state index contributed by atoms with van der Waals surface area (Å²) in [6, 6.07) is 9.68. The fraction of sp³-hybridized carbons (Fsp3) is 0.267. The lowest BCUT2D eigenvalue weighted by Gasteiger charge is -2.10. The van der Waals surface area contributed by atoms with Crippen molar-refractivity contribution in [2.75, 3.05) is 0 Å². The van der Waals surface area contributed by atoms with E-state index in [0.29, 0.717) is 5.52 Å². The minimum Gasteiger partial charge on any atom is -0.265 e. The predicted molar refractivity (Wildman–Crippen MR) is 78.2 cm³/mol. The van der Waals surface area contributed by atoms with Crippen molar-refractivity contribution >= 4 is 10.9 Å². The maximum Gasteiger partial charge on any atom is 0.293 e. The van der Waals surface area contributed by atoms with E-state index < -0.39 is 0 Å². The Bertz CT molecular complexity index is 815. The van der Waals surface area contributed by atoms with Gasteiger partial charge >= 0.3 is 0 Å². The number of fused-ring (bicyclic) bond motifs is 1. The van der Waals surface area contributed by atoms with E-state index in [0.717, 1.165) is 16.8 Å². The van der Waals surface area contributed by atoms with Crippen LogP contribution in [0.15, 0.2) is 41.3 Å². The number of para-hydroxylation sites is 1. The van der Waals surface area contributed by atoms with Crippen molar-refractivity contribution in [1.29, 1.82) is 0 Å². The molecule has 0 saturated carbocycles. The molecule has 0 amide bonds. The quantitative estimate of drug-likeness (QED) is 0.717. The Hall–Kier alpha value is -2.43. The Kier molecular flexibility index (Phi) is 2.89. The van der Waals surface area contributed by atoms with E-state index in [9.17, 15) is 4.79 Å². The number of hydrogen-bond acceptors (Lipinski definition) is 3. The van der Waals surface area contributed by atoms with Crippen LogP contribution in [0.2, 0.25) is 0 Å². The van der Waals surface area contributed by atoms with Crippen LogP contribution in [-0.2, 0) is 0 Å². The van der Waals surface area contributed by atoms with Gasteiger partial charge in [-0.05, 0) is 32.9 Å². The monoisotopic (exact) mass is 268 g/mol. The molecule has 1 aromatic carbocycles. The van der Waals surface area contributed by atoms with Gasteiger partial charge in [0.1, 0.15) is 5.52 Å². The van der Waals surface area contributed by atoms with E-state index in [1.807, 2.05) is 51.1 Å². The normalized spacial score (nSPS) is 11.4. The van der Waals surface area contributed by atoms with Crippen LogP contribution in [0.1, 0.15) is 25.6 Å². The van der Waals surface area contributed by atoms with Gasteiger partial charge in [0.15, 0.2) is 0 Å². The van der Waals surface area contributed by atoms with Crippen molar-refractivity contribution in [3.8, 4) is 5.69 Å². The molecule has 0 unspecified atom stereocenters. The zero-order chi connectivity index (χ0) is 14.3. The second kappa shape index (κ2) is 4.59. The van der Waals surface area contributed by atoms with Crippen LogP contribution < -0.4 is 5.56 Å². The number of nitrogens with zero attached hydrogens (tertiary/aromatic N) is 4. The lowest BCUT2D eigenvalue weighted by atomic mass is 10.2. The zero-order valence-corrected chi connectivity index (χ0v) is 11.7. The summed E-state index contributed by atoms with van der Waals surface area (Å²) < 4.78 is 3.20. The summed E-state index contributed by atoms with van der Waals surface area (Å²) in [5.74, 6) is 0. The molecule has 102 valence electrons. The average molecular weight is 268 g/mol. The van der Waals surface area contributed by atoms with Crippen molar-refractivity contribution < 1.29 is 0 Å². The third-order valence-corrected chi connectivity index (χ3v) is 3.32. The number of aromatic nitrogens is 4. The largest absolute Gasteiger partial charge is 0.293 e. The summed E-state index contributed by atoms with van der Waals surface area (Å²) in [4.78, 5) is 12.6. The predicted octanol–water partition coefficient (Wildman–Crippen LogP) is 2.47. The van der Waals surface area contributed by atoms with Crippen molar-refractivity contribution in [3.05, 3.63) is 52.6 Å². The highest BCUT2D eigenvalue weighted by Gasteiger charge is 2.15. The van der Waals surface area contributed by atoms with E-state index in [4.69, 9.17) is 0 Å². The first-order valence-corrected chi connectivity index (χ1v) is 6.62. The van der Waals surface area contributed by atoms with Crippen LogP contribution in [0.25, 0.3) is 16.6 Å². The molecular weight excluding hydrogens is 252 g/mol. The molecule has 0 aliphatic carbocycles. The molecule has 0 aliphatic heterocycles. The SMILES string of the molecule is Cc1nn(C(C)C)c(=O)c2c1cnn2-c1ccccc1. The van der Waals surface area contributed by atoms with Crippen LogP contribution in [0.3, 0.4) is 0 Å². The van der Waals surface area contributed by atoms with E-state index in [-0.39, 0.29) is 11.6 Å². The second-order valence-electron chi connectivity index (χ2n) is 5.08. The van der Waals surface area contributed by atoms with Crippen molar-refractivity contribution in [2.45, 2.75) is 26.8 Å². The fourth-order valence-corrected chi connectivity index (χ4v) is 2.30. The summed E-state index contributed by atoms with van der Waals surface area (Å²) in [5.41, 5.74) is 2.16. The molecule has 5 heteroatoms. The molecule has 2 aromatic heterocycles. The molecular formula is C15H16N4O. The van der Waals surface area contributed by atoms with Gasteiger partial charge in [0.25, 0.3) is 5.56 Å². The Morgan fingerprint density at radius 1 is 1.15 bits per heavy atom. The first-order valence-electron chi connectivity index (χ1n) is 6.62. The van der Waals surface area contributed by atoms with Crippen LogP contribution in [0, 0.1) is 6.92 Å². The van der Waals surface area contributed by atoms with Gasteiger partial charge in [0, 0.05) is 5.39 Å². The van der Waals surface area contributed by atoms with Crippen molar-refractivity contribution in [2.24, 2.45) is 0 Å². The molecule has 20 heavy (non-hydrogen) atoms. The minimum atomic E-state index is -0.109. The molecule has 0 saturated heterocycles. The van der Waals surface area contributed by atoms with Gasteiger partial charge in [-0.15, -0.1) is 0 Å². The number of rotatable bonds is 2. The first kappa shape index (κ1) is 12.6. The molecule has 0 atom stereocenters. The Labute approximate surface area is 116 Å². The molecule has 0 N–H and O–H groups in total. The van der Waals surface area contributed by atoms with Gasteiger partial charge in [-0.1, -0.05) is 18.2 Å². The van der Waals surface area contributed by atoms with E-state index in [2.05, 4.69) is 10.2 Å². The average Bonchev–Trinajstić information content (AvgIpc) is 2.89. The van der Waals surface area contributed by atoms with Crippen LogP contribution in [-0.4, -0.2) is 19.6 Å². The van der Waals surface area contributed by atoms with Crippen molar-refractivity contribution in [3.63, 3.8) is 0 Å². The van der Waals surface area contributed by atoms with Gasteiger partial charge in [-0.25, -0.2) is 9.36 Å². The molecule has 5 nitrogen and oxygen atoms in total. The summed E-state index contributed by atoms with van der Waals surface area (Å²) in [6.07, 6.45) is 1.71. The van der Waals surface area contributed by atoms with E-state index in [1.165, 1.54) is 4.68 Å². The number of hydrogen-bond donors (Lipinski definition) is 0. The first-order chi connectivity index (χ1) is 9.59. The molecule has 0 fully saturated rings. The molecule has 3 aromatic rings. The van der Waals surface area contributed by atoms with E-state index >= 15 is 0 Å². The number of benzene rings is 1. The summed E-state index contributed by atoms with van der Waals surface area (Å²) in [5, 5.41) is 9.51. The van der Waals surface area contributed by atoms with Crippen LogP contribution in [0.5, 0.6) is 0 Å². The summed E-state index contributed by atoms with van der Waals surface area (Å²) in [7, 11) is 0. The zero-order valence-electron chi connectivity index (χ0n) is 11.7. The Morgan fingerprint density at radius 2 is 1.85 bits per heavy atom. The minimum absolute atomic E-state index is 0.0183. The highest BCUT2D eigenvalue weighted by atomic mass is 16.1. The van der Waals surface area contributed by atoms with Gasteiger partial charge in [-0.2, -0.15) is 10.2 Å². The van der Waals surface area contributed by atoms with Gasteiger partial charge in [0.05, 0.1) is 23.6 Å². The summed E-state index contributed by atoms with van der Waals surface area (Å²) >= 11 is 0. The lowest BCUT2D eigenvalue weighted by molar-refractivity contribution is 0.501. The highest BCUT2D eigenvalue weighted by molar-refractivity contribution is 5.81. The third kappa shape index (κ3) is 1.82. The Balaban J connectivity index is 2.39. The standard InChI is InChI=1S/C15H16N4O/c1-10(2)18-15(20)14-13(11(3)17-18)9-16-19(14)12-7-5-4-6-8-12/h4-10H,1-3H3. The lowest BCUT2D eigenvalue weighted by Crippen LogP contribution is -2.27. The molecule has 3 rings (SSSR count). The topological polar surface area (TPSA) is 52.7 Å². The van der Waals surface area contributed by atoms with E-state index in [1.54, 1.807) is 10.9 Å². The van der Waals surface area contributed by atoms with Crippen LogP contribution >= 0.6 is 0 Å². The molecule has 0 aliphatic rings.